The summed E-state index contributed by atoms with van der Waals surface area (Å²) in [5.41, 5.74) is 6.45. The van der Waals surface area contributed by atoms with Gasteiger partial charge in [0.25, 0.3) is 0 Å². The fourth-order valence-corrected chi connectivity index (χ4v) is 1.04. The van der Waals surface area contributed by atoms with Gasteiger partial charge in [-0.25, -0.2) is 0 Å². The van der Waals surface area contributed by atoms with Crippen LogP contribution in [-0.4, -0.2) is 30.2 Å². The molecule has 0 aliphatic heterocycles. The number of hydrogen-bond acceptors (Lipinski definition) is 3. The van der Waals surface area contributed by atoms with E-state index in [2.05, 4.69) is 11.9 Å². The molecule has 0 aromatic heterocycles. The lowest BCUT2D eigenvalue weighted by Gasteiger charge is -2.06. The molecule has 1 unspecified atom stereocenters. The Kier molecular flexibility index (Phi) is 7.06. The Morgan fingerprint density at radius 3 is 2.71 bits per heavy atom. The number of unbranched alkanes of at least 4 members (excludes halogenated alkanes) is 1. The highest BCUT2D eigenvalue weighted by atomic mass is 16.4. The van der Waals surface area contributed by atoms with Gasteiger partial charge in [-0.05, 0) is 26.3 Å². The zero-order valence-electron chi connectivity index (χ0n) is 8.75. The Morgan fingerprint density at radius 2 is 2.21 bits per heavy atom. The Balaban J connectivity index is 3.21. The van der Waals surface area contributed by atoms with E-state index in [1.165, 1.54) is 0 Å². The van der Waals surface area contributed by atoms with Crippen molar-refractivity contribution in [1.82, 2.24) is 5.32 Å². The van der Waals surface area contributed by atoms with Crippen LogP contribution in [0.15, 0.2) is 12.2 Å². The summed E-state index contributed by atoms with van der Waals surface area (Å²) >= 11 is 0. The summed E-state index contributed by atoms with van der Waals surface area (Å²) in [4.78, 5) is 10.4. The molecule has 1 atom stereocenters. The fourth-order valence-electron chi connectivity index (χ4n) is 1.04. The molecule has 14 heavy (non-hydrogen) atoms. The third kappa shape index (κ3) is 7.76. The molecule has 4 N–H and O–H groups in total. The molecular formula is C10H20N2O2. The highest BCUT2D eigenvalue weighted by Crippen LogP contribution is 1.98. The minimum absolute atomic E-state index is 0.546. The quantitative estimate of drug-likeness (QED) is 0.399. The van der Waals surface area contributed by atoms with Gasteiger partial charge < -0.3 is 16.2 Å². The average molecular weight is 200 g/mol. The van der Waals surface area contributed by atoms with Gasteiger partial charge in [0.05, 0.1) is 0 Å². The molecule has 0 aromatic carbocycles. The predicted molar refractivity (Wildman–Crippen MR) is 57.1 cm³/mol. The second-order valence-electron chi connectivity index (χ2n) is 3.57. The van der Waals surface area contributed by atoms with Crippen molar-refractivity contribution >= 4 is 5.97 Å². The molecule has 0 saturated carbocycles. The summed E-state index contributed by atoms with van der Waals surface area (Å²) in [6, 6.07) is -0.712. The van der Waals surface area contributed by atoms with Crippen LogP contribution >= 0.6 is 0 Å². The van der Waals surface area contributed by atoms with Gasteiger partial charge in [-0.1, -0.05) is 18.6 Å². The maximum atomic E-state index is 10.4. The molecule has 82 valence electrons. The van der Waals surface area contributed by atoms with Gasteiger partial charge in [0.15, 0.2) is 0 Å². The monoisotopic (exact) mass is 200 g/mol. The van der Waals surface area contributed by atoms with E-state index >= 15 is 0 Å². The van der Waals surface area contributed by atoms with Crippen molar-refractivity contribution in [2.24, 2.45) is 5.73 Å². The average Bonchev–Trinajstić information content (AvgIpc) is 2.09. The molecule has 0 saturated heterocycles. The number of carbonyl (C=O) groups is 1. The Labute approximate surface area is 85.2 Å². The van der Waals surface area contributed by atoms with Crippen LogP contribution in [0.4, 0.5) is 0 Å². The third-order valence-corrected chi connectivity index (χ3v) is 1.86. The maximum absolute atomic E-state index is 10.4. The van der Waals surface area contributed by atoms with E-state index in [0.29, 0.717) is 6.42 Å². The second-order valence-corrected chi connectivity index (χ2v) is 3.57. The lowest BCUT2D eigenvalue weighted by molar-refractivity contribution is -0.138. The van der Waals surface area contributed by atoms with Crippen LogP contribution in [0.5, 0.6) is 0 Å². The third-order valence-electron chi connectivity index (χ3n) is 1.86. The molecule has 0 bridgehead atoms. The SMILES string of the molecule is C=C(C)CNCCCCC(N)C(=O)O. The van der Waals surface area contributed by atoms with E-state index in [-0.39, 0.29) is 0 Å². The number of nitrogens with two attached hydrogens (primary N) is 1. The van der Waals surface area contributed by atoms with Crippen LogP contribution in [0.3, 0.4) is 0 Å². The molecule has 4 heteroatoms. The zero-order chi connectivity index (χ0) is 11.0. The number of rotatable bonds is 8. The Morgan fingerprint density at radius 1 is 1.57 bits per heavy atom. The molecule has 0 spiro atoms. The molecule has 0 fully saturated rings. The highest BCUT2D eigenvalue weighted by molar-refractivity contribution is 5.72. The summed E-state index contributed by atoms with van der Waals surface area (Å²) in [6.45, 7) is 7.44. The summed E-state index contributed by atoms with van der Waals surface area (Å²) in [6.07, 6.45) is 2.34. The second kappa shape index (κ2) is 7.53. The largest absolute Gasteiger partial charge is 0.480 e. The van der Waals surface area contributed by atoms with Crippen LogP contribution in [0.25, 0.3) is 0 Å². The van der Waals surface area contributed by atoms with E-state index < -0.39 is 12.0 Å². The van der Waals surface area contributed by atoms with E-state index in [9.17, 15) is 4.79 Å². The molecular weight excluding hydrogens is 180 g/mol. The number of hydrogen-bond donors (Lipinski definition) is 3. The van der Waals surface area contributed by atoms with Crippen molar-refractivity contribution in [3.63, 3.8) is 0 Å². The van der Waals surface area contributed by atoms with Gasteiger partial charge in [0.1, 0.15) is 6.04 Å². The molecule has 0 radical (unpaired) electrons. The smallest absolute Gasteiger partial charge is 0.320 e. The van der Waals surface area contributed by atoms with Crippen LogP contribution < -0.4 is 11.1 Å². The first-order chi connectivity index (χ1) is 6.54. The van der Waals surface area contributed by atoms with Gasteiger partial charge in [-0.15, -0.1) is 0 Å². The summed E-state index contributed by atoms with van der Waals surface area (Å²) < 4.78 is 0. The molecule has 0 aliphatic rings. The molecule has 0 rings (SSSR count). The topological polar surface area (TPSA) is 75.3 Å². The number of nitrogens with one attached hydrogen (secondary N) is 1. The van der Waals surface area contributed by atoms with Crippen LogP contribution in [0.1, 0.15) is 26.2 Å². The normalized spacial score (nSPS) is 12.4. The Bertz CT molecular complexity index is 193. The lowest BCUT2D eigenvalue weighted by Crippen LogP contribution is -2.30. The predicted octanol–water partition coefficient (Wildman–Crippen LogP) is 0.734. The van der Waals surface area contributed by atoms with Gasteiger partial charge in [-0.3, -0.25) is 4.79 Å². The lowest BCUT2D eigenvalue weighted by atomic mass is 10.1. The van der Waals surface area contributed by atoms with Gasteiger partial charge in [0.2, 0.25) is 0 Å². The summed E-state index contributed by atoms with van der Waals surface area (Å²) in [5, 5.41) is 11.7. The van der Waals surface area contributed by atoms with Crippen molar-refractivity contribution in [3.8, 4) is 0 Å². The van der Waals surface area contributed by atoms with E-state index in [1.54, 1.807) is 0 Å². The molecule has 0 aromatic rings. The van der Waals surface area contributed by atoms with Gasteiger partial charge in [-0.2, -0.15) is 0 Å². The Hall–Kier alpha value is -0.870. The standard InChI is InChI=1S/C10H20N2O2/c1-8(2)7-12-6-4-3-5-9(11)10(13)14/h9,12H,1,3-7,11H2,2H3,(H,13,14). The fraction of sp³-hybridized carbons (Fsp3) is 0.700. The molecule has 0 heterocycles. The molecule has 4 nitrogen and oxygen atoms in total. The highest BCUT2D eigenvalue weighted by Gasteiger charge is 2.09. The van der Waals surface area contributed by atoms with Crippen molar-refractivity contribution < 1.29 is 9.90 Å². The van der Waals surface area contributed by atoms with E-state index in [4.69, 9.17) is 10.8 Å². The van der Waals surface area contributed by atoms with Crippen LogP contribution in [0.2, 0.25) is 0 Å². The summed E-state index contributed by atoms with van der Waals surface area (Å²) in [7, 11) is 0. The molecule has 0 aliphatic carbocycles. The minimum atomic E-state index is -0.917. The number of carboxylic acid groups (broad SMARTS) is 1. The van der Waals surface area contributed by atoms with E-state index in [0.717, 1.165) is 31.5 Å². The van der Waals surface area contributed by atoms with Gasteiger partial charge >= 0.3 is 5.97 Å². The minimum Gasteiger partial charge on any atom is -0.480 e. The van der Waals surface area contributed by atoms with Crippen molar-refractivity contribution in [2.75, 3.05) is 13.1 Å². The maximum Gasteiger partial charge on any atom is 0.320 e. The van der Waals surface area contributed by atoms with Crippen LogP contribution in [0, 0.1) is 0 Å². The van der Waals surface area contributed by atoms with Gasteiger partial charge in [0, 0.05) is 6.54 Å². The molecule has 0 amide bonds. The van der Waals surface area contributed by atoms with Crippen LogP contribution in [-0.2, 0) is 4.79 Å². The number of carboxylic acids is 1. The summed E-state index contributed by atoms with van der Waals surface area (Å²) in [5.74, 6) is -0.917. The van der Waals surface area contributed by atoms with Crippen molar-refractivity contribution in [2.45, 2.75) is 32.2 Å². The zero-order valence-corrected chi connectivity index (χ0v) is 8.75. The van der Waals surface area contributed by atoms with Crippen molar-refractivity contribution in [3.05, 3.63) is 12.2 Å². The first-order valence-electron chi connectivity index (χ1n) is 4.87. The van der Waals surface area contributed by atoms with E-state index in [1.807, 2.05) is 6.92 Å². The van der Waals surface area contributed by atoms with Crippen molar-refractivity contribution in [1.29, 1.82) is 0 Å². The number of aliphatic carboxylic acids is 1. The first kappa shape index (κ1) is 13.1. The first-order valence-corrected chi connectivity index (χ1v) is 4.87.